The lowest BCUT2D eigenvalue weighted by molar-refractivity contribution is -0.633. The summed E-state index contributed by atoms with van der Waals surface area (Å²) in [6, 6.07) is 26.1. The van der Waals surface area contributed by atoms with Crippen molar-refractivity contribution in [3.8, 4) is 11.3 Å². The molecule has 2 heterocycles. The molecule has 31 heavy (non-hydrogen) atoms. The molecular weight excluding hydrogens is 378 g/mol. The fourth-order valence-corrected chi connectivity index (χ4v) is 5.00. The smallest absolute Gasteiger partial charge is 0.216 e. The predicted molar refractivity (Wildman–Crippen MR) is 130 cm³/mol. The Labute approximate surface area is 181 Å². The van der Waals surface area contributed by atoms with Crippen molar-refractivity contribution in [1.29, 1.82) is 0 Å². The van der Waals surface area contributed by atoms with Gasteiger partial charge in [-0.2, -0.15) is 4.57 Å². The quantitative estimate of drug-likeness (QED) is 0.264. The summed E-state index contributed by atoms with van der Waals surface area (Å²) >= 11 is 0. The third-order valence-electron chi connectivity index (χ3n) is 6.86. The van der Waals surface area contributed by atoms with Crippen LogP contribution in [0.2, 0.25) is 0 Å². The maximum atomic E-state index is 6.66. The summed E-state index contributed by atoms with van der Waals surface area (Å²) in [7, 11) is 2.16. The average Bonchev–Trinajstić information content (AvgIpc) is 3.14. The topological polar surface area (TPSA) is 17.0 Å². The number of benzene rings is 4. The molecule has 2 heteroatoms. The average molecular weight is 403 g/mol. The second-order valence-electron chi connectivity index (χ2n) is 8.62. The van der Waals surface area contributed by atoms with Crippen LogP contribution < -0.4 is 4.57 Å². The first-order valence-electron chi connectivity index (χ1n) is 10.8. The first-order chi connectivity index (χ1) is 15.0. The van der Waals surface area contributed by atoms with Crippen molar-refractivity contribution >= 4 is 43.6 Å². The zero-order chi connectivity index (χ0) is 21.3. The molecule has 4 aromatic carbocycles. The van der Waals surface area contributed by atoms with Gasteiger partial charge in [0.25, 0.3) is 0 Å². The number of hydrogen-bond donors (Lipinski definition) is 0. The van der Waals surface area contributed by atoms with E-state index < -0.39 is 0 Å². The van der Waals surface area contributed by atoms with Crippen LogP contribution in [-0.2, 0) is 7.05 Å². The molecule has 0 radical (unpaired) electrons. The standard InChI is InChI=1S/C29H24NO/c1-17-8-7-11-25-21(17)14-15-26(30(25)4)27-19(3)18(2)16-24-23-13-12-20-9-5-6-10-22(20)28(23)31-29(24)27/h5-16H,1-4H3/q+1. The van der Waals surface area contributed by atoms with Crippen molar-refractivity contribution in [1.82, 2.24) is 0 Å². The van der Waals surface area contributed by atoms with Gasteiger partial charge in [-0.1, -0.05) is 42.5 Å². The molecule has 2 nitrogen and oxygen atoms in total. The van der Waals surface area contributed by atoms with Crippen LogP contribution >= 0.6 is 0 Å². The maximum absolute atomic E-state index is 6.66. The Bertz CT molecular complexity index is 1670. The van der Waals surface area contributed by atoms with Crippen LogP contribution in [0.4, 0.5) is 0 Å². The molecule has 150 valence electrons. The lowest BCUT2D eigenvalue weighted by Gasteiger charge is -2.10. The van der Waals surface area contributed by atoms with Crippen LogP contribution in [0.25, 0.3) is 54.9 Å². The van der Waals surface area contributed by atoms with E-state index in [1.165, 1.54) is 55.0 Å². The van der Waals surface area contributed by atoms with Gasteiger partial charge >= 0.3 is 0 Å². The van der Waals surface area contributed by atoms with E-state index in [0.717, 1.165) is 16.6 Å². The lowest BCUT2D eigenvalue weighted by Crippen LogP contribution is -2.32. The Morgan fingerprint density at radius 3 is 2.32 bits per heavy atom. The summed E-state index contributed by atoms with van der Waals surface area (Å²) in [5, 5.41) is 6.01. The van der Waals surface area contributed by atoms with E-state index in [2.05, 4.69) is 105 Å². The molecule has 2 aromatic heterocycles. The molecular formula is C29H24NO+. The Morgan fingerprint density at radius 2 is 1.45 bits per heavy atom. The van der Waals surface area contributed by atoms with Crippen LogP contribution in [-0.4, -0.2) is 0 Å². The van der Waals surface area contributed by atoms with E-state index in [1.807, 2.05) is 0 Å². The lowest BCUT2D eigenvalue weighted by atomic mass is 9.95. The second kappa shape index (κ2) is 6.42. The van der Waals surface area contributed by atoms with Gasteiger partial charge in [-0.15, -0.1) is 0 Å². The van der Waals surface area contributed by atoms with E-state index in [-0.39, 0.29) is 0 Å². The summed E-state index contributed by atoms with van der Waals surface area (Å²) in [5.74, 6) is 0. The number of aryl methyl sites for hydroxylation is 3. The Balaban J connectivity index is 1.78. The molecule has 6 aromatic rings. The van der Waals surface area contributed by atoms with Crippen molar-refractivity contribution in [3.05, 3.63) is 89.5 Å². The second-order valence-corrected chi connectivity index (χ2v) is 8.62. The first-order valence-corrected chi connectivity index (χ1v) is 10.8. The number of nitrogens with zero attached hydrogens (tertiary/aromatic N) is 1. The predicted octanol–water partition coefficient (Wildman–Crippen LogP) is 7.31. The third kappa shape index (κ3) is 2.48. The molecule has 0 N–H and O–H groups in total. The van der Waals surface area contributed by atoms with Crippen LogP contribution in [0.5, 0.6) is 0 Å². The summed E-state index contributed by atoms with van der Waals surface area (Å²) in [5.41, 5.74) is 9.36. The highest BCUT2D eigenvalue weighted by Crippen LogP contribution is 2.41. The van der Waals surface area contributed by atoms with Gasteiger partial charge in [0, 0.05) is 33.7 Å². The van der Waals surface area contributed by atoms with Crippen LogP contribution in [0.3, 0.4) is 0 Å². The van der Waals surface area contributed by atoms with E-state index in [9.17, 15) is 0 Å². The van der Waals surface area contributed by atoms with E-state index in [1.54, 1.807) is 0 Å². The summed E-state index contributed by atoms with van der Waals surface area (Å²) < 4.78 is 8.96. The number of furan rings is 1. The maximum Gasteiger partial charge on any atom is 0.216 e. The largest absolute Gasteiger partial charge is 0.454 e. The summed E-state index contributed by atoms with van der Waals surface area (Å²) in [6.07, 6.45) is 0. The zero-order valence-corrected chi connectivity index (χ0v) is 18.3. The molecule has 0 fully saturated rings. The first kappa shape index (κ1) is 18.1. The van der Waals surface area contributed by atoms with Crippen LogP contribution in [0.15, 0.2) is 77.2 Å². The normalized spacial score (nSPS) is 11.9. The summed E-state index contributed by atoms with van der Waals surface area (Å²) in [4.78, 5) is 0. The fraction of sp³-hybridized carbons (Fsp3) is 0.138. The number of fused-ring (bicyclic) bond motifs is 6. The van der Waals surface area contributed by atoms with E-state index >= 15 is 0 Å². The molecule has 0 bridgehead atoms. The number of pyridine rings is 1. The minimum Gasteiger partial charge on any atom is -0.454 e. The fourth-order valence-electron chi connectivity index (χ4n) is 5.00. The van der Waals surface area contributed by atoms with Crippen molar-refractivity contribution in [2.24, 2.45) is 7.05 Å². The molecule has 0 amide bonds. The minimum atomic E-state index is 0.969. The zero-order valence-electron chi connectivity index (χ0n) is 18.3. The number of aromatic nitrogens is 1. The third-order valence-corrected chi connectivity index (χ3v) is 6.86. The van der Waals surface area contributed by atoms with Crippen LogP contribution in [0, 0.1) is 20.8 Å². The molecule has 0 atom stereocenters. The van der Waals surface area contributed by atoms with Gasteiger partial charge < -0.3 is 4.42 Å². The minimum absolute atomic E-state index is 0.969. The van der Waals surface area contributed by atoms with Crippen molar-refractivity contribution < 1.29 is 8.98 Å². The molecule has 0 spiro atoms. The highest BCUT2D eigenvalue weighted by atomic mass is 16.3. The Hall–Kier alpha value is -3.65. The molecule has 0 saturated carbocycles. The van der Waals surface area contributed by atoms with Gasteiger partial charge in [0.2, 0.25) is 11.2 Å². The van der Waals surface area contributed by atoms with Gasteiger partial charge in [0.1, 0.15) is 18.2 Å². The van der Waals surface area contributed by atoms with Crippen molar-refractivity contribution in [2.45, 2.75) is 20.8 Å². The Kier molecular flexibility index (Phi) is 3.76. The van der Waals surface area contributed by atoms with Gasteiger partial charge in [-0.05, 0) is 61.0 Å². The molecule has 0 aliphatic carbocycles. The monoisotopic (exact) mass is 402 g/mol. The molecule has 0 unspecified atom stereocenters. The highest BCUT2D eigenvalue weighted by molar-refractivity contribution is 6.17. The van der Waals surface area contributed by atoms with Gasteiger partial charge in [-0.3, -0.25) is 0 Å². The molecule has 0 saturated heterocycles. The molecule has 0 aliphatic rings. The number of rotatable bonds is 1. The van der Waals surface area contributed by atoms with Crippen LogP contribution in [0.1, 0.15) is 16.7 Å². The van der Waals surface area contributed by atoms with Gasteiger partial charge in [0.15, 0.2) is 0 Å². The molecule has 6 rings (SSSR count). The van der Waals surface area contributed by atoms with Crippen molar-refractivity contribution in [3.63, 3.8) is 0 Å². The summed E-state index contributed by atoms with van der Waals surface area (Å²) in [6.45, 7) is 6.57. The highest BCUT2D eigenvalue weighted by Gasteiger charge is 2.24. The Morgan fingerprint density at radius 1 is 0.645 bits per heavy atom. The van der Waals surface area contributed by atoms with Gasteiger partial charge in [-0.25, -0.2) is 0 Å². The van der Waals surface area contributed by atoms with Crippen molar-refractivity contribution in [2.75, 3.05) is 0 Å². The van der Waals surface area contributed by atoms with Gasteiger partial charge in [0.05, 0.1) is 5.56 Å². The van der Waals surface area contributed by atoms with E-state index in [4.69, 9.17) is 4.42 Å². The van der Waals surface area contributed by atoms with E-state index in [0.29, 0.717) is 0 Å². The SMILES string of the molecule is Cc1cc2c(oc3c4ccccc4ccc23)c(-c2ccc3c(C)cccc3[n+]2C)c1C. The molecule has 0 aliphatic heterocycles. The number of hydrogen-bond acceptors (Lipinski definition) is 1.